The summed E-state index contributed by atoms with van der Waals surface area (Å²) in [6, 6.07) is 15.5. The fourth-order valence-corrected chi connectivity index (χ4v) is 5.16. The zero-order valence-corrected chi connectivity index (χ0v) is 18.1. The van der Waals surface area contributed by atoms with Gasteiger partial charge in [-0.2, -0.15) is 0 Å². The summed E-state index contributed by atoms with van der Waals surface area (Å²) in [6.45, 7) is 1.68. The van der Waals surface area contributed by atoms with E-state index >= 15 is 0 Å². The molecule has 2 aromatic carbocycles. The molecule has 1 aromatic heterocycles. The second-order valence-corrected chi connectivity index (χ2v) is 9.48. The Bertz CT molecular complexity index is 1150. The van der Waals surface area contributed by atoms with Crippen molar-refractivity contribution in [1.29, 1.82) is 0 Å². The zero-order chi connectivity index (χ0) is 21.8. The van der Waals surface area contributed by atoms with E-state index in [2.05, 4.69) is 15.2 Å². The molecule has 31 heavy (non-hydrogen) atoms. The van der Waals surface area contributed by atoms with E-state index in [1.807, 2.05) is 30.3 Å². The number of aryl methyl sites for hydroxylation is 1. The van der Waals surface area contributed by atoms with Crippen molar-refractivity contribution in [3.05, 3.63) is 65.9 Å². The van der Waals surface area contributed by atoms with Crippen LogP contribution in [0.2, 0.25) is 0 Å². The SMILES string of the molecule is Cc1onc(-c2ccccc2)c1C(=O)Nc1ccc(S(=O)(=O)NC2CCCCC2)cc1. The highest BCUT2D eigenvalue weighted by atomic mass is 32.2. The molecule has 7 nitrogen and oxygen atoms in total. The van der Waals surface area contributed by atoms with Crippen molar-refractivity contribution in [2.24, 2.45) is 0 Å². The summed E-state index contributed by atoms with van der Waals surface area (Å²) in [6.07, 6.45) is 4.99. The van der Waals surface area contributed by atoms with Crippen molar-refractivity contribution in [1.82, 2.24) is 9.88 Å². The number of amides is 1. The number of carbonyl (C=O) groups excluding carboxylic acids is 1. The fraction of sp³-hybridized carbons (Fsp3) is 0.304. The predicted octanol–water partition coefficient (Wildman–Crippen LogP) is 4.51. The van der Waals surface area contributed by atoms with Crippen LogP contribution in [0.3, 0.4) is 0 Å². The van der Waals surface area contributed by atoms with Crippen LogP contribution in [0.4, 0.5) is 5.69 Å². The van der Waals surface area contributed by atoms with Crippen molar-refractivity contribution in [2.45, 2.75) is 50.0 Å². The minimum Gasteiger partial charge on any atom is -0.360 e. The number of sulfonamides is 1. The van der Waals surface area contributed by atoms with Gasteiger partial charge in [0.25, 0.3) is 5.91 Å². The summed E-state index contributed by atoms with van der Waals surface area (Å²) in [4.78, 5) is 13.1. The van der Waals surface area contributed by atoms with Crippen LogP contribution in [-0.2, 0) is 10.0 Å². The smallest absolute Gasteiger partial charge is 0.261 e. The van der Waals surface area contributed by atoms with E-state index in [0.717, 1.165) is 37.7 Å². The first-order chi connectivity index (χ1) is 14.9. The van der Waals surface area contributed by atoms with Crippen molar-refractivity contribution < 1.29 is 17.7 Å². The Morgan fingerprint density at radius 2 is 1.68 bits per heavy atom. The average molecular weight is 440 g/mol. The van der Waals surface area contributed by atoms with E-state index in [4.69, 9.17) is 4.52 Å². The Morgan fingerprint density at radius 3 is 2.35 bits per heavy atom. The number of anilines is 1. The first kappa shape index (κ1) is 21.3. The lowest BCUT2D eigenvalue weighted by atomic mass is 9.96. The molecular weight excluding hydrogens is 414 g/mol. The number of rotatable bonds is 6. The number of carbonyl (C=O) groups is 1. The molecule has 0 spiro atoms. The van der Waals surface area contributed by atoms with Gasteiger partial charge in [-0.25, -0.2) is 13.1 Å². The Morgan fingerprint density at radius 1 is 1.00 bits per heavy atom. The van der Waals surface area contributed by atoms with E-state index in [1.54, 1.807) is 19.1 Å². The predicted molar refractivity (Wildman–Crippen MR) is 118 cm³/mol. The molecule has 8 heteroatoms. The second kappa shape index (κ2) is 9.03. The van der Waals surface area contributed by atoms with Gasteiger partial charge in [0.05, 0.1) is 4.90 Å². The molecule has 0 aliphatic heterocycles. The van der Waals surface area contributed by atoms with E-state index in [9.17, 15) is 13.2 Å². The molecular formula is C23H25N3O4S. The van der Waals surface area contributed by atoms with Crippen LogP contribution in [-0.4, -0.2) is 25.5 Å². The summed E-state index contributed by atoms with van der Waals surface area (Å²) < 4.78 is 33.3. The van der Waals surface area contributed by atoms with Gasteiger partial charge in [0.2, 0.25) is 10.0 Å². The van der Waals surface area contributed by atoms with Gasteiger partial charge in [-0.05, 0) is 44.0 Å². The normalized spacial score (nSPS) is 15.0. The molecule has 0 unspecified atom stereocenters. The van der Waals surface area contributed by atoms with Gasteiger partial charge in [0, 0.05) is 17.3 Å². The number of benzene rings is 2. The summed E-state index contributed by atoms with van der Waals surface area (Å²) in [5.41, 5.74) is 2.08. The summed E-state index contributed by atoms with van der Waals surface area (Å²) in [5, 5.41) is 6.83. The number of hydrogen-bond acceptors (Lipinski definition) is 5. The molecule has 4 rings (SSSR count). The van der Waals surface area contributed by atoms with Crippen LogP contribution in [0.5, 0.6) is 0 Å². The number of hydrogen-bond donors (Lipinski definition) is 2. The topological polar surface area (TPSA) is 101 Å². The van der Waals surface area contributed by atoms with E-state index < -0.39 is 10.0 Å². The molecule has 3 aromatic rings. The number of nitrogens with one attached hydrogen (secondary N) is 2. The van der Waals surface area contributed by atoms with Crippen LogP contribution >= 0.6 is 0 Å². The minimum absolute atomic E-state index is 0.00824. The summed E-state index contributed by atoms with van der Waals surface area (Å²) in [7, 11) is -3.59. The Balaban J connectivity index is 1.49. The molecule has 1 heterocycles. The van der Waals surface area contributed by atoms with Gasteiger partial charge in [-0.1, -0.05) is 54.8 Å². The van der Waals surface area contributed by atoms with Crippen LogP contribution in [0.15, 0.2) is 64.0 Å². The second-order valence-electron chi connectivity index (χ2n) is 7.76. The lowest BCUT2D eigenvalue weighted by Crippen LogP contribution is -2.36. The van der Waals surface area contributed by atoms with Gasteiger partial charge in [-0.15, -0.1) is 0 Å². The van der Waals surface area contributed by atoms with Crippen molar-refractivity contribution in [2.75, 3.05) is 5.32 Å². The van der Waals surface area contributed by atoms with Crippen molar-refractivity contribution >= 4 is 21.6 Å². The molecule has 1 aliphatic carbocycles. The van der Waals surface area contributed by atoms with Gasteiger partial charge in [0.1, 0.15) is 17.0 Å². The largest absolute Gasteiger partial charge is 0.360 e. The molecule has 0 bridgehead atoms. The highest BCUT2D eigenvalue weighted by Gasteiger charge is 2.23. The molecule has 2 N–H and O–H groups in total. The number of nitrogens with zero attached hydrogens (tertiary/aromatic N) is 1. The maximum absolute atomic E-state index is 12.9. The van der Waals surface area contributed by atoms with E-state index in [-0.39, 0.29) is 16.8 Å². The molecule has 1 aliphatic rings. The third-order valence-electron chi connectivity index (χ3n) is 5.49. The lowest BCUT2D eigenvalue weighted by Gasteiger charge is -2.22. The molecule has 1 fully saturated rings. The third kappa shape index (κ3) is 4.86. The van der Waals surface area contributed by atoms with Gasteiger partial charge in [-0.3, -0.25) is 4.79 Å². The summed E-state index contributed by atoms with van der Waals surface area (Å²) >= 11 is 0. The maximum Gasteiger partial charge on any atom is 0.261 e. The molecule has 0 radical (unpaired) electrons. The Hall–Kier alpha value is -2.97. The molecule has 1 amide bonds. The highest BCUT2D eigenvalue weighted by molar-refractivity contribution is 7.89. The van der Waals surface area contributed by atoms with Crippen LogP contribution < -0.4 is 10.0 Å². The highest BCUT2D eigenvalue weighted by Crippen LogP contribution is 2.26. The van der Waals surface area contributed by atoms with Crippen LogP contribution in [0.1, 0.15) is 48.2 Å². The molecule has 1 saturated carbocycles. The van der Waals surface area contributed by atoms with Gasteiger partial charge >= 0.3 is 0 Å². The first-order valence-electron chi connectivity index (χ1n) is 10.4. The minimum atomic E-state index is -3.59. The maximum atomic E-state index is 12.9. The first-order valence-corrected chi connectivity index (χ1v) is 11.9. The fourth-order valence-electron chi connectivity index (χ4n) is 3.85. The average Bonchev–Trinajstić information content (AvgIpc) is 3.17. The quantitative estimate of drug-likeness (QED) is 0.588. The summed E-state index contributed by atoms with van der Waals surface area (Å²) in [5.74, 6) is 0.0424. The third-order valence-corrected chi connectivity index (χ3v) is 7.02. The standard InChI is InChI=1S/C23H25N3O4S/c1-16-21(22(25-30-16)17-8-4-2-5-9-17)23(27)24-18-12-14-20(15-13-18)31(28,29)26-19-10-6-3-7-11-19/h2,4-5,8-9,12-15,19,26H,3,6-7,10-11H2,1H3,(H,24,27). The zero-order valence-electron chi connectivity index (χ0n) is 17.3. The van der Waals surface area contributed by atoms with Crippen molar-refractivity contribution in [3.8, 4) is 11.3 Å². The van der Waals surface area contributed by atoms with Crippen molar-refractivity contribution in [3.63, 3.8) is 0 Å². The monoisotopic (exact) mass is 439 g/mol. The molecule has 0 atom stereocenters. The molecule has 0 saturated heterocycles. The van der Waals surface area contributed by atoms with E-state index in [1.165, 1.54) is 12.1 Å². The Labute approximate surface area is 181 Å². The van der Waals surface area contributed by atoms with Gasteiger partial charge < -0.3 is 9.84 Å². The van der Waals surface area contributed by atoms with E-state index in [0.29, 0.717) is 22.7 Å². The van der Waals surface area contributed by atoms with Crippen LogP contribution in [0, 0.1) is 6.92 Å². The molecule has 162 valence electrons. The number of aromatic nitrogens is 1. The lowest BCUT2D eigenvalue weighted by molar-refractivity contribution is 0.102. The Kier molecular flexibility index (Phi) is 6.20. The van der Waals surface area contributed by atoms with Gasteiger partial charge in [0.15, 0.2) is 0 Å². The van der Waals surface area contributed by atoms with Crippen LogP contribution in [0.25, 0.3) is 11.3 Å².